The van der Waals surface area contributed by atoms with Crippen LogP contribution in [0.4, 0.5) is 18.9 Å². The zero-order chi connectivity index (χ0) is 19.3. The van der Waals surface area contributed by atoms with E-state index in [0.29, 0.717) is 5.39 Å². The largest absolute Gasteiger partial charge is 0.409 e. The lowest BCUT2D eigenvalue weighted by Crippen LogP contribution is -2.51. The SMILES string of the molecule is CC1(C)CC(=O)NN1[C@@H](c1cc([N+](=O)[O-])c2ccccc2c1)C(F)(F)F. The van der Waals surface area contributed by atoms with Crippen molar-refractivity contribution in [2.24, 2.45) is 0 Å². The molecule has 1 amide bonds. The van der Waals surface area contributed by atoms with E-state index in [-0.39, 0.29) is 17.4 Å². The second kappa shape index (κ2) is 5.94. The van der Waals surface area contributed by atoms with Crippen molar-refractivity contribution >= 4 is 22.4 Å². The third kappa shape index (κ3) is 3.10. The number of hydrogen-bond acceptors (Lipinski definition) is 4. The van der Waals surface area contributed by atoms with Crippen LogP contribution >= 0.6 is 0 Å². The van der Waals surface area contributed by atoms with Gasteiger partial charge in [-0.25, -0.2) is 0 Å². The van der Waals surface area contributed by atoms with E-state index in [2.05, 4.69) is 5.43 Å². The monoisotopic (exact) mass is 367 g/mol. The number of non-ortho nitro benzene ring substituents is 1. The van der Waals surface area contributed by atoms with Crippen molar-refractivity contribution in [1.82, 2.24) is 10.4 Å². The van der Waals surface area contributed by atoms with Crippen molar-refractivity contribution in [3.8, 4) is 0 Å². The first kappa shape index (κ1) is 18.1. The Morgan fingerprint density at radius 1 is 1.27 bits per heavy atom. The van der Waals surface area contributed by atoms with Crippen LogP contribution in [-0.4, -0.2) is 27.6 Å². The predicted octanol–water partition coefficient (Wildman–Crippen LogP) is 3.87. The summed E-state index contributed by atoms with van der Waals surface area (Å²) in [6.07, 6.45) is -4.85. The molecule has 26 heavy (non-hydrogen) atoms. The quantitative estimate of drug-likeness (QED) is 0.660. The zero-order valence-corrected chi connectivity index (χ0v) is 14.0. The van der Waals surface area contributed by atoms with Crippen LogP contribution in [0.3, 0.4) is 0 Å². The topological polar surface area (TPSA) is 75.5 Å². The van der Waals surface area contributed by atoms with E-state index >= 15 is 0 Å². The maximum atomic E-state index is 13.9. The highest BCUT2D eigenvalue weighted by molar-refractivity contribution is 5.91. The second-order valence-corrected chi connectivity index (χ2v) is 6.86. The number of nitro benzene ring substituents is 1. The molecular weight excluding hydrogens is 351 g/mol. The molecule has 1 saturated heterocycles. The smallest absolute Gasteiger partial charge is 0.287 e. The molecule has 2 aromatic rings. The van der Waals surface area contributed by atoms with Gasteiger partial charge in [0.1, 0.15) is 0 Å². The van der Waals surface area contributed by atoms with E-state index in [0.717, 1.165) is 11.1 Å². The molecule has 0 bridgehead atoms. The number of benzene rings is 2. The van der Waals surface area contributed by atoms with Crippen molar-refractivity contribution in [2.45, 2.75) is 38.0 Å². The molecule has 0 saturated carbocycles. The summed E-state index contributed by atoms with van der Waals surface area (Å²) in [6.45, 7) is 3.03. The summed E-state index contributed by atoms with van der Waals surface area (Å²) in [5, 5.41) is 12.8. The van der Waals surface area contributed by atoms with Gasteiger partial charge in [0, 0.05) is 18.0 Å². The van der Waals surface area contributed by atoms with Gasteiger partial charge in [0.05, 0.1) is 10.3 Å². The Morgan fingerprint density at radius 3 is 2.46 bits per heavy atom. The highest BCUT2D eigenvalue weighted by Gasteiger charge is 2.53. The Morgan fingerprint density at radius 2 is 1.92 bits per heavy atom. The van der Waals surface area contributed by atoms with Gasteiger partial charge in [-0.1, -0.05) is 18.2 Å². The highest BCUT2D eigenvalue weighted by Crippen LogP contribution is 2.44. The van der Waals surface area contributed by atoms with Crippen molar-refractivity contribution in [1.29, 1.82) is 0 Å². The maximum absolute atomic E-state index is 13.9. The summed E-state index contributed by atoms with van der Waals surface area (Å²) in [5.41, 5.74) is 0.451. The summed E-state index contributed by atoms with van der Waals surface area (Å²) < 4.78 is 41.7. The normalized spacial score (nSPS) is 18.7. The number of fused-ring (bicyclic) bond motifs is 1. The minimum absolute atomic E-state index is 0.102. The van der Waals surface area contributed by atoms with Gasteiger partial charge < -0.3 is 0 Å². The molecule has 0 radical (unpaired) electrons. The second-order valence-electron chi connectivity index (χ2n) is 6.86. The Balaban J connectivity index is 2.23. The van der Waals surface area contributed by atoms with Gasteiger partial charge in [0.25, 0.3) is 5.69 Å². The number of amides is 1. The fourth-order valence-electron chi connectivity index (χ4n) is 3.32. The first-order valence-corrected chi connectivity index (χ1v) is 7.83. The first-order chi connectivity index (χ1) is 12.0. The van der Waals surface area contributed by atoms with Crippen LogP contribution in [0, 0.1) is 10.1 Å². The van der Waals surface area contributed by atoms with Crippen molar-refractivity contribution < 1.29 is 22.9 Å². The Hall–Kier alpha value is -2.68. The van der Waals surface area contributed by atoms with Gasteiger partial charge in [0.2, 0.25) is 5.91 Å². The van der Waals surface area contributed by atoms with E-state index < -0.39 is 34.3 Å². The summed E-state index contributed by atoms with van der Waals surface area (Å²) in [6, 6.07) is 6.20. The Labute approximate surface area is 146 Å². The molecule has 1 heterocycles. The third-order valence-corrected chi connectivity index (χ3v) is 4.43. The maximum Gasteiger partial charge on any atom is 0.409 e. The number of hydrogen-bond donors (Lipinski definition) is 1. The molecule has 1 aliphatic heterocycles. The Kier molecular flexibility index (Phi) is 4.14. The molecule has 2 aromatic carbocycles. The predicted molar refractivity (Wildman–Crippen MR) is 88.1 cm³/mol. The van der Waals surface area contributed by atoms with Crippen LogP contribution in [0.5, 0.6) is 0 Å². The number of halogens is 3. The molecular formula is C17H16F3N3O3. The molecule has 1 atom stereocenters. The van der Waals surface area contributed by atoms with Gasteiger partial charge in [-0.15, -0.1) is 0 Å². The summed E-state index contributed by atoms with van der Waals surface area (Å²) in [5.74, 6) is -0.528. The average molecular weight is 367 g/mol. The van der Waals surface area contributed by atoms with Gasteiger partial charge in [0.15, 0.2) is 6.04 Å². The van der Waals surface area contributed by atoms with Crippen LogP contribution in [0.25, 0.3) is 10.8 Å². The lowest BCUT2D eigenvalue weighted by atomic mass is 9.95. The number of nitrogens with zero attached hydrogens (tertiary/aromatic N) is 2. The average Bonchev–Trinajstić information content (AvgIpc) is 2.77. The molecule has 1 aliphatic rings. The molecule has 3 rings (SSSR count). The minimum atomic E-state index is -4.74. The van der Waals surface area contributed by atoms with Crippen LogP contribution in [0.2, 0.25) is 0 Å². The standard InChI is InChI=1S/C17H16F3N3O3/c1-16(2)9-14(24)21-22(16)15(17(18,19)20)11-7-10-5-3-4-6-12(10)13(8-11)23(25)26/h3-8,15H,9H2,1-2H3,(H,21,24)/t15-/m0/s1. The van der Waals surface area contributed by atoms with E-state index in [1.165, 1.54) is 32.0 Å². The number of carbonyl (C=O) groups is 1. The van der Waals surface area contributed by atoms with Crippen molar-refractivity contribution in [2.75, 3.05) is 0 Å². The first-order valence-electron chi connectivity index (χ1n) is 7.83. The Bertz CT molecular complexity index is 896. The number of rotatable bonds is 3. The molecule has 0 spiro atoms. The van der Waals surface area contributed by atoms with E-state index in [9.17, 15) is 28.1 Å². The number of carbonyl (C=O) groups excluding carboxylic acids is 1. The summed E-state index contributed by atoms with van der Waals surface area (Å²) in [7, 11) is 0. The van der Waals surface area contributed by atoms with Crippen LogP contribution < -0.4 is 5.43 Å². The summed E-state index contributed by atoms with van der Waals surface area (Å²) in [4.78, 5) is 22.4. The highest BCUT2D eigenvalue weighted by atomic mass is 19.4. The fourth-order valence-corrected chi connectivity index (χ4v) is 3.32. The molecule has 0 aliphatic carbocycles. The van der Waals surface area contributed by atoms with E-state index in [1.807, 2.05) is 0 Å². The molecule has 1 fully saturated rings. The molecule has 6 nitrogen and oxygen atoms in total. The molecule has 1 N–H and O–H groups in total. The molecule has 0 aromatic heterocycles. The zero-order valence-electron chi connectivity index (χ0n) is 14.0. The summed E-state index contributed by atoms with van der Waals surface area (Å²) >= 11 is 0. The lowest BCUT2D eigenvalue weighted by molar-refractivity contribution is -0.383. The lowest BCUT2D eigenvalue weighted by Gasteiger charge is -2.37. The van der Waals surface area contributed by atoms with Crippen molar-refractivity contribution in [3.63, 3.8) is 0 Å². The van der Waals surface area contributed by atoms with Gasteiger partial charge in [-0.2, -0.15) is 18.2 Å². The van der Waals surface area contributed by atoms with Crippen molar-refractivity contribution in [3.05, 3.63) is 52.1 Å². The molecule has 0 unspecified atom stereocenters. The number of nitrogens with one attached hydrogen (secondary N) is 1. The van der Waals surface area contributed by atoms with E-state index in [1.54, 1.807) is 12.1 Å². The number of hydrazine groups is 1. The van der Waals surface area contributed by atoms with E-state index in [4.69, 9.17) is 0 Å². The third-order valence-electron chi connectivity index (χ3n) is 4.43. The van der Waals surface area contributed by atoms with Gasteiger partial charge in [-0.3, -0.25) is 20.3 Å². The molecule has 9 heteroatoms. The van der Waals surface area contributed by atoms with Gasteiger partial charge >= 0.3 is 6.18 Å². The number of nitro groups is 1. The van der Waals surface area contributed by atoms with Crippen LogP contribution in [-0.2, 0) is 4.79 Å². The minimum Gasteiger partial charge on any atom is -0.287 e. The number of alkyl halides is 3. The fraction of sp³-hybridized carbons (Fsp3) is 0.353. The van der Waals surface area contributed by atoms with Crippen LogP contribution in [0.15, 0.2) is 36.4 Å². The molecule has 138 valence electrons. The van der Waals surface area contributed by atoms with Crippen LogP contribution in [0.1, 0.15) is 31.9 Å². The van der Waals surface area contributed by atoms with Gasteiger partial charge in [-0.05, 0) is 36.9 Å².